The lowest BCUT2D eigenvalue weighted by atomic mass is 10.2. The molecule has 0 radical (unpaired) electrons. The van der Waals surface area contributed by atoms with Crippen molar-refractivity contribution in [2.24, 2.45) is 5.73 Å². The van der Waals surface area contributed by atoms with E-state index < -0.39 is 10.0 Å². The van der Waals surface area contributed by atoms with E-state index in [0.29, 0.717) is 6.54 Å². The highest BCUT2D eigenvalue weighted by Gasteiger charge is 2.23. The number of sulfonamides is 1. The Labute approximate surface area is 138 Å². The Kier molecular flexibility index (Phi) is 9.27. The van der Waals surface area contributed by atoms with Gasteiger partial charge in [-0.25, -0.2) is 13.1 Å². The van der Waals surface area contributed by atoms with Crippen molar-refractivity contribution < 1.29 is 13.2 Å². The molecular formula is C14H24ClN3O3S. The number of carbonyl (C=O) groups is 1. The van der Waals surface area contributed by atoms with Crippen LogP contribution in [0.3, 0.4) is 0 Å². The number of rotatable bonds is 8. The van der Waals surface area contributed by atoms with Gasteiger partial charge in [0.2, 0.25) is 10.0 Å². The molecule has 0 saturated heterocycles. The summed E-state index contributed by atoms with van der Waals surface area (Å²) >= 11 is 0. The molecule has 1 rings (SSSR count). The van der Waals surface area contributed by atoms with Crippen LogP contribution in [0.25, 0.3) is 0 Å². The Balaban J connectivity index is 0.00000441. The van der Waals surface area contributed by atoms with E-state index in [0.717, 1.165) is 12.8 Å². The van der Waals surface area contributed by atoms with E-state index in [9.17, 15) is 13.2 Å². The molecule has 22 heavy (non-hydrogen) atoms. The standard InChI is InChI=1S/C14H23N3O3S.ClH/c1-3-4-11-17(2)14(18)12-7-5-6-8-13(12)21(19,20)16-10-9-15;/h5-8,16H,3-4,9-11,15H2,1-2H3;1H. The summed E-state index contributed by atoms with van der Waals surface area (Å²) in [6.07, 6.45) is 1.85. The Bertz CT molecular complexity index is 578. The summed E-state index contributed by atoms with van der Waals surface area (Å²) in [6, 6.07) is 6.21. The molecule has 0 heterocycles. The Hall–Kier alpha value is -1.15. The molecule has 0 spiro atoms. The molecule has 8 heteroatoms. The van der Waals surface area contributed by atoms with Gasteiger partial charge in [0.1, 0.15) is 0 Å². The van der Waals surface area contributed by atoms with E-state index in [1.54, 1.807) is 24.1 Å². The minimum atomic E-state index is -3.73. The van der Waals surface area contributed by atoms with Crippen molar-refractivity contribution in [3.05, 3.63) is 29.8 Å². The number of hydrogen-bond acceptors (Lipinski definition) is 4. The first-order valence-electron chi connectivity index (χ1n) is 6.98. The average Bonchev–Trinajstić information content (AvgIpc) is 2.49. The van der Waals surface area contributed by atoms with Crippen molar-refractivity contribution in [2.75, 3.05) is 26.7 Å². The van der Waals surface area contributed by atoms with Gasteiger partial charge >= 0.3 is 0 Å². The number of nitrogens with zero attached hydrogens (tertiary/aromatic N) is 1. The summed E-state index contributed by atoms with van der Waals surface area (Å²) in [4.78, 5) is 13.9. The number of carbonyl (C=O) groups excluding carboxylic acids is 1. The van der Waals surface area contributed by atoms with Gasteiger partial charge < -0.3 is 10.6 Å². The van der Waals surface area contributed by atoms with Crippen molar-refractivity contribution in [2.45, 2.75) is 24.7 Å². The third-order valence-electron chi connectivity index (χ3n) is 3.04. The topological polar surface area (TPSA) is 92.5 Å². The number of halogens is 1. The minimum absolute atomic E-state index is 0. The lowest BCUT2D eigenvalue weighted by molar-refractivity contribution is 0.0789. The molecule has 1 aromatic rings. The van der Waals surface area contributed by atoms with Crippen LogP contribution in [0, 0.1) is 0 Å². The van der Waals surface area contributed by atoms with Crippen molar-refractivity contribution in [1.82, 2.24) is 9.62 Å². The van der Waals surface area contributed by atoms with Gasteiger partial charge in [-0.3, -0.25) is 4.79 Å². The average molecular weight is 350 g/mol. The van der Waals surface area contributed by atoms with Gasteiger partial charge in [-0.15, -0.1) is 12.4 Å². The summed E-state index contributed by atoms with van der Waals surface area (Å²) < 4.78 is 26.8. The second-order valence-electron chi connectivity index (χ2n) is 4.76. The second-order valence-corrected chi connectivity index (χ2v) is 6.50. The number of hydrogen-bond donors (Lipinski definition) is 2. The SMILES string of the molecule is CCCCN(C)C(=O)c1ccccc1S(=O)(=O)NCCN.Cl. The van der Waals surface area contributed by atoms with Crippen LogP contribution in [-0.2, 0) is 10.0 Å². The number of amides is 1. The molecule has 3 N–H and O–H groups in total. The quantitative estimate of drug-likeness (QED) is 0.738. The fourth-order valence-electron chi connectivity index (χ4n) is 1.85. The smallest absolute Gasteiger partial charge is 0.254 e. The summed E-state index contributed by atoms with van der Waals surface area (Å²) in [7, 11) is -2.05. The van der Waals surface area contributed by atoms with E-state index in [-0.39, 0.29) is 41.9 Å². The second kappa shape index (κ2) is 9.78. The molecular weight excluding hydrogens is 326 g/mol. The van der Waals surface area contributed by atoms with Crippen molar-refractivity contribution in [1.29, 1.82) is 0 Å². The fourth-order valence-corrected chi connectivity index (χ4v) is 3.10. The predicted molar refractivity (Wildman–Crippen MR) is 89.8 cm³/mol. The summed E-state index contributed by atoms with van der Waals surface area (Å²) in [5, 5.41) is 0. The van der Waals surface area contributed by atoms with Gasteiger partial charge in [0, 0.05) is 26.7 Å². The van der Waals surface area contributed by atoms with Crippen LogP contribution in [-0.4, -0.2) is 45.9 Å². The molecule has 0 aliphatic rings. The Morgan fingerprint density at radius 3 is 2.55 bits per heavy atom. The van der Waals surface area contributed by atoms with E-state index in [1.165, 1.54) is 12.1 Å². The molecule has 6 nitrogen and oxygen atoms in total. The first-order valence-corrected chi connectivity index (χ1v) is 8.46. The van der Waals surface area contributed by atoms with Gasteiger partial charge in [-0.1, -0.05) is 25.5 Å². The van der Waals surface area contributed by atoms with Crippen molar-refractivity contribution in [3.63, 3.8) is 0 Å². The van der Waals surface area contributed by atoms with Crippen LogP contribution < -0.4 is 10.5 Å². The fraction of sp³-hybridized carbons (Fsp3) is 0.500. The summed E-state index contributed by atoms with van der Waals surface area (Å²) in [5.41, 5.74) is 5.49. The van der Waals surface area contributed by atoms with Crippen LogP contribution in [0.4, 0.5) is 0 Å². The van der Waals surface area contributed by atoms with Gasteiger partial charge in [-0.2, -0.15) is 0 Å². The van der Waals surface area contributed by atoms with E-state index in [2.05, 4.69) is 4.72 Å². The molecule has 0 aliphatic carbocycles. The lowest BCUT2D eigenvalue weighted by Gasteiger charge is -2.18. The lowest BCUT2D eigenvalue weighted by Crippen LogP contribution is -2.33. The zero-order valence-electron chi connectivity index (χ0n) is 12.9. The molecule has 0 aliphatic heterocycles. The van der Waals surface area contributed by atoms with Crippen molar-refractivity contribution in [3.8, 4) is 0 Å². The van der Waals surface area contributed by atoms with E-state index >= 15 is 0 Å². The zero-order valence-corrected chi connectivity index (χ0v) is 14.5. The Morgan fingerprint density at radius 1 is 1.32 bits per heavy atom. The number of nitrogens with one attached hydrogen (secondary N) is 1. The molecule has 0 saturated carbocycles. The molecule has 126 valence electrons. The van der Waals surface area contributed by atoms with Crippen LogP contribution in [0.15, 0.2) is 29.2 Å². The van der Waals surface area contributed by atoms with Gasteiger partial charge in [0.25, 0.3) is 5.91 Å². The zero-order chi connectivity index (χ0) is 15.9. The summed E-state index contributed by atoms with van der Waals surface area (Å²) in [6.45, 7) is 2.97. The highest BCUT2D eigenvalue weighted by Crippen LogP contribution is 2.17. The van der Waals surface area contributed by atoms with Gasteiger partial charge in [0.15, 0.2) is 0 Å². The maximum Gasteiger partial charge on any atom is 0.254 e. The number of nitrogens with two attached hydrogens (primary N) is 1. The third-order valence-corrected chi connectivity index (χ3v) is 4.56. The van der Waals surface area contributed by atoms with Crippen LogP contribution >= 0.6 is 12.4 Å². The van der Waals surface area contributed by atoms with Crippen LogP contribution in [0.2, 0.25) is 0 Å². The molecule has 0 aromatic heterocycles. The summed E-state index contributed by atoms with van der Waals surface area (Å²) in [5.74, 6) is -0.294. The largest absolute Gasteiger partial charge is 0.342 e. The minimum Gasteiger partial charge on any atom is -0.342 e. The molecule has 0 fully saturated rings. The molecule has 1 amide bonds. The number of unbranched alkanes of at least 4 members (excludes halogenated alkanes) is 1. The first-order chi connectivity index (χ1) is 9.94. The maximum absolute atomic E-state index is 12.4. The molecule has 1 aromatic carbocycles. The van der Waals surface area contributed by atoms with Crippen LogP contribution in [0.5, 0.6) is 0 Å². The third kappa shape index (κ3) is 5.57. The highest BCUT2D eigenvalue weighted by atomic mass is 35.5. The normalized spacial score (nSPS) is 10.9. The Morgan fingerprint density at radius 2 is 1.95 bits per heavy atom. The van der Waals surface area contributed by atoms with Crippen LogP contribution in [0.1, 0.15) is 30.1 Å². The van der Waals surface area contributed by atoms with Gasteiger partial charge in [0.05, 0.1) is 10.5 Å². The molecule has 0 bridgehead atoms. The van der Waals surface area contributed by atoms with E-state index in [4.69, 9.17) is 5.73 Å². The monoisotopic (exact) mass is 349 g/mol. The van der Waals surface area contributed by atoms with Gasteiger partial charge in [-0.05, 0) is 18.6 Å². The first kappa shape index (κ1) is 20.9. The molecule has 0 atom stereocenters. The van der Waals surface area contributed by atoms with E-state index in [1.807, 2.05) is 6.92 Å². The maximum atomic E-state index is 12.4. The number of benzene rings is 1. The molecule has 0 unspecified atom stereocenters. The highest BCUT2D eigenvalue weighted by molar-refractivity contribution is 7.89. The predicted octanol–water partition coefficient (Wildman–Crippen LogP) is 1.22. The van der Waals surface area contributed by atoms with Crippen molar-refractivity contribution >= 4 is 28.3 Å².